The minimum atomic E-state index is -4.65. The normalized spacial score (nSPS) is 12.2. The Morgan fingerprint density at radius 3 is 1.77 bits per heavy atom. The molecule has 0 saturated heterocycles. The van der Waals surface area contributed by atoms with Crippen LogP contribution >= 0.6 is 0 Å². The molecule has 0 fully saturated rings. The summed E-state index contributed by atoms with van der Waals surface area (Å²) in [5.41, 5.74) is -0.579. The molecule has 4 aromatic rings. The predicted molar refractivity (Wildman–Crippen MR) is 152 cm³/mol. The van der Waals surface area contributed by atoms with Gasteiger partial charge in [-0.05, 0) is 83.1 Å². The van der Waals surface area contributed by atoms with Crippen LogP contribution in [0.2, 0.25) is 0 Å². The summed E-state index contributed by atoms with van der Waals surface area (Å²) in [5.74, 6) is 0. The van der Waals surface area contributed by atoms with E-state index < -0.39 is 37.4 Å². The predicted octanol–water partition coefficient (Wildman–Crippen LogP) is 5.34. The van der Waals surface area contributed by atoms with Gasteiger partial charge in [-0.2, -0.15) is 3.71 Å². The van der Waals surface area contributed by atoms with Crippen molar-refractivity contribution in [3.63, 3.8) is 0 Å². The number of nitrogens with zero attached hydrogens (tertiary/aromatic N) is 1. The van der Waals surface area contributed by atoms with Crippen molar-refractivity contribution in [3.8, 4) is 0 Å². The van der Waals surface area contributed by atoms with E-state index in [-0.39, 0.29) is 32.1 Å². The minimum absolute atomic E-state index is 0.0453. The van der Waals surface area contributed by atoms with E-state index in [2.05, 4.69) is 5.32 Å². The number of fused-ring (bicyclic) bond motifs is 1. The maximum absolute atomic E-state index is 13.9. The third-order valence-corrected chi connectivity index (χ3v) is 9.84. The van der Waals surface area contributed by atoms with Crippen molar-refractivity contribution >= 4 is 48.5 Å². The topological polar surface area (TPSA) is 140 Å². The lowest BCUT2D eigenvalue weighted by Gasteiger charge is -2.24. The highest BCUT2D eigenvalue weighted by atomic mass is 32.3. The molecule has 1 aromatic heterocycles. The molecule has 0 aliphatic carbocycles. The van der Waals surface area contributed by atoms with Crippen molar-refractivity contribution in [2.45, 2.75) is 50.0 Å². The van der Waals surface area contributed by atoms with Gasteiger partial charge in [0.2, 0.25) is 0 Å². The van der Waals surface area contributed by atoms with E-state index in [4.69, 9.17) is 9.15 Å². The van der Waals surface area contributed by atoms with Crippen LogP contribution in [-0.2, 0) is 24.8 Å². The Balaban J connectivity index is 1.89. The number of carbonyl (C=O) groups excluding carboxylic acids is 1. The summed E-state index contributed by atoms with van der Waals surface area (Å²) in [7, 11) is -9.30. The third-order valence-electron chi connectivity index (χ3n) is 5.64. The van der Waals surface area contributed by atoms with Crippen LogP contribution in [0.15, 0.2) is 91.8 Å². The summed E-state index contributed by atoms with van der Waals surface area (Å²) in [4.78, 5) is 24.2. The number of aryl methyl sites for hydroxylation is 2. The van der Waals surface area contributed by atoms with Crippen LogP contribution in [0.1, 0.15) is 31.9 Å². The van der Waals surface area contributed by atoms with Crippen LogP contribution in [-0.4, -0.2) is 28.5 Å². The number of hydrogen-bond acceptors (Lipinski definition) is 8. The molecule has 0 saturated carbocycles. The van der Waals surface area contributed by atoms with Crippen LogP contribution in [0.4, 0.5) is 16.2 Å². The molecule has 1 N–H and O–H groups in total. The van der Waals surface area contributed by atoms with Crippen molar-refractivity contribution in [2.24, 2.45) is 0 Å². The number of rotatable bonds is 6. The number of sulfonamides is 2. The van der Waals surface area contributed by atoms with E-state index >= 15 is 0 Å². The number of ether oxygens (including phenoxy) is 1. The highest BCUT2D eigenvalue weighted by Gasteiger charge is 2.37. The van der Waals surface area contributed by atoms with Gasteiger partial charge in [-0.3, -0.25) is 5.32 Å². The Hall–Kier alpha value is -4.16. The average molecular weight is 585 g/mol. The van der Waals surface area contributed by atoms with E-state index in [1.807, 2.05) is 0 Å². The summed E-state index contributed by atoms with van der Waals surface area (Å²) in [5, 5.41) is 2.47. The molecule has 40 heavy (non-hydrogen) atoms. The van der Waals surface area contributed by atoms with Crippen LogP contribution in [0, 0.1) is 13.8 Å². The Labute approximate surface area is 232 Å². The summed E-state index contributed by atoms with van der Waals surface area (Å²) in [6, 6.07) is 16.6. The quantitative estimate of drug-likeness (QED) is 0.300. The van der Waals surface area contributed by atoms with Gasteiger partial charge in [-0.1, -0.05) is 35.4 Å². The number of anilines is 2. The Morgan fingerprint density at radius 2 is 1.30 bits per heavy atom. The van der Waals surface area contributed by atoms with Gasteiger partial charge in [-0.25, -0.2) is 26.4 Å². The summed E-state index contributed by atoms with van der Waals surface area (Å²) < 4.78 is 66.3. The molecule has 10 nitrogen and oxygen atoms in total. The van der Waals surface area contributed by atoms with E-state index in [9.17, 15) is 26.4 Å². The number of nitrogens with one attached hydrogen (secondary N) is 1. The Bertz CT molecular complexity index is 1780. The van der Waals surface area contributed by atoms with Crippen molar-refractivity contribution in [1.29, 1.82) is 0 Å². The fourth-order valence-electron chi connectivity index (χ4n) is 3.74. The standard InChI is InChI=1S/C28H28N2O8S2/c1-18-6-11-22(12-7-18)39(33,34)30(40(35,36)23-13-8-19(2)9-14-23)21-10-15-25-20(16-21)17-24(26(31)37-25)29-27(32)38-28(3,4)5/h6-17H,1-5H3,(H,29,32). The van der Waals surface area contributed by atoms with Gasteiger partial charge in [0.25, 0.3) is 20.0 Å². The highest BCUT2D eigenvalue weighted by molar-refractivity contribution is 8.10. The summed E-state index contributed by atoms with van der Waals surface area (Å²) >= 11 is 0. The highest BCUT2D eigenvalue weighted by Crippen LogP contribution is 2.33. The second-order valence-corrected chi connectivity index (χ2v) is 13.9. The number of benzene rings is 3. The number of hydrogen-bond donors (Lipinski definition) is 1. The molecule has 3 aromatic carbocycles. The summed E-state index contributed by atoms with van der Waals surface area (Å²) in [6.07, 6.45) is -0.902. The molecular formula is C28H28N2O8S2. The summed E-state index contributed by atoms with van der Waals surface area (Å²) in [6.45, 7) is 8.51. The van der Waals surface area contributed by atoms with Crippen molar-refractivity contribution in [3.05, 3.63) is 94.3 Å². The van der Waals surface area contributed by atoms with E-state index in [1.165, 1.54) is 48.5 Å². The lowest BCUT2D eigenvalue weighted by molar-refractivity contribution is 0.0635. The van der Waals surface area contributed by atoms with Crippen molar-refractivity contribution in [2.75, 3.05) is 9.03 Å². The van der Waals surface area contributed by atoms with Gasteiger partial charge >= 0.3 is 11.7 Å². The lowest BCUT2D eigenvalue weighted by Crippen LogP contribution is -2.37. The Kier molecular flexibility index (Phi) is 7.52. The maximum atomic E-state index is 13.9. The first-order valence-corrected chi connectivity index (χ1v) is 15.0. The van der Waals surface area contributed by atoms with Gasteiger partial charge < -0.3 is 9.15 Å². The molecule has 4 rings (SSSR count). The smallest absolute Gasteiger partial charge is 0.412 e. The molecule has 12 heteroatoms. The van der Waals surface area contributed by atoms with Gasteiger partial charge in [0.15, 0.2) is 0 Å². The SMILES string of the molecule is Cc1ccc(S(=O)(=O)N(c2ccc3oc(=O)c(NC(=O)OC(C)(C)C)cc3c2)S(=O)(=O)c2ccc(C)cc2)cc1. The molecule has 1 amide bonds. The first-order valence-electron chi connectivity index (χ1n) is 12.1. The van der Waals surface area contributed by atoms with Crippen LogP contribution < -0.4 is 14.7 Å². The minimum Gasteiger partial charge on any atom is -0.444 e. The molecule has 0 atom stereocenters. The molecule has 1 heterocycles. The van der Waals surface area contributed by atoms with E-state index in [0.717, 1.165) is 11.1 Å². The zero-order chi connectivity index (χ0) is 29.5. The molecule has 0 bridgehead atoms. The van der Waals surface area contributed by atoms with Gasteiger partial charge in [0, 0.05) is 5.39 Å². The van der Waals surface area contributed by atoms with Crippen LogP contribution in [0.5, 0.6) is 0 Å². The van der Waals surface area contributed by atoms with Gasteiger partial charge in [0.05, 0.1) is 15.5 Å². The molecule has 0 radical (unpaired) electrons. The van der Waals surface area contributed by atoms with Crippen LogP contribution in [0.25, 0.3) is 11.0 Å². The zero-order valence-electron chi connectivity index (χ0n) is 22.5. The zero-order valence-corrected chi connectivity index (χ0v) is 24.1. The maximum Gasteiger partial charge on any atom is 0.412 e. The lowest BCUT2D eigenvalue weighted by atomic mass is 10.2. The van der Waals surface area contributed by atoms with Gasteiger partial charge in [0.1, 0.15) is 16.9 Å². The van der Waals surface area contributed by atoms with E-state index in [1.54, 1.807) is 58.9 Å². The average Bonchev–Trinajstić information content (AvgIpc) is 2.84. The largest absolute Gasteiger partial charge is 0.444 e. The number of carbonyl (C=O) groups is 1. The fourth-order valence-corrected chi connectivity index (χ4v) is 7.42. The number of amides is 1. The first kappa shape index (κ1) is 28.8. The van der Waals surface area contributed by atoms with Crippen molar-refractivity contribution in [1.82, 2.24) is 0 Å². The molecule has 0 unspecified atom stereocenters. The molecular weight excluding hydrogens is 556 g/mol. The monoisotopic (exact) mass is 584 g/mol. The molecule has 0 spiro atoms. The molecule has 210 valence electrons. The van der Waals surface area contributed by atoms with Crippen LogP contribution in [0.3, 0.4) is 0 Å². The Morgan fingerprint density at radius 1 is 0.800 bits per heavy atom. The van der Waals surface area contributed by atoms with E-state index in [0.29, 0.717) is 3.71 Å². The van der Waals surface area contributed by atoms with Crippen molar-refractivity contribution < 1.29 is 30.8 Å². The van der Waals surface area contributed by atoms with Gasteiger partial charge in [-0.15, -0.1) is 0 Å². The molecule has 0 aliphatic heterocycles. The second kappa shape index (κ2) is 10.4. The first-order chi connectivity index (χ1) is 18.6. The third kappa shape index (κ3) is 6.02. The molecule has 0 aliphatic rings. The second-order valence-electron chi connectivity index (χ2n) is 10.1. The fraction of sp³-hybridized carbons (Fsp3) is 0.214.